The third-order valence-corrected chi connectivity index (χ3v) is 5.63. The maximum absolute atomic E-state index is 12.4. The average molecular weight is 325 g/mol. The molecule has 1 aromatic heterocycles. The number of methoxy groups -OCH3 is 2. The van der Waals surface area contributed by atoms with Gasteiger partial charge in [-0.25, -0.2) is 0 Å². The highest BCUT2D eigenvalue weighted by atomic mass is 32.1. The number of hydrogen-bond donors (Lipinski definition) is 1. The SMILES string of the molecule is COC(CNC(=O)c1csc2c1CCC(C(C)(C)C)C2)OC. The summed E-state index contributed by atoms with van der Waals surface area (Å²) < 4.78 is 10.2. The van der Waals surface area contributed by atoms with Gasteiger partial charge >= 0.3 is 0 Å². The molecule has 0 aromatic carbocycles. The number of rotatable bonds is 5. The van der Waals surface area contributed by atoms with Gasteiger partial charge in [-0.3, -0.25) is 4.79 Å². The fourth-order valence-electron chi connectivity index (χ4n) is 2.98. The average Bonchev–Trinajstić information content (AvgIpc) is 2.90. The first-order chi connectivity index (χ1) is 10.4. The maximum atomic E-state index is 12.4. The van der Waals surface area contributed by atoms with Gasteiger partial charge in [0.15, 0.2) is 6.29 Å². The Morgan fingerprint density at radius 2 is 2.09 bits per heavy atom. The number of thiophene rings is 1. The standard InChI is InChI=1S/C17H27NO3S/c1-17(2,3)11-6-7-12-13(10-22-14(12)8-11)16(19)18-9-15(20-4)21-5/h10-11,15H,6-9H2,1-5H3,(H,18,19). The van der Waals surface area contributed by atoms with E-state index in [1.54, 1.807) is 25.6 Å². The predicted molar refractivity (Wildman–Crippen MR) is 89.4 cm³/mol. The molecule has 0 spiro atoms. The zero-order valence-corrected chi connectivity index (χ0v) is 15.0. The first-order valence-corrected chi connectivity index (χ1v) is 8.67. The molecule has 1 aromatic rings. The van der Waals surface area contributed by atoms with Gasteiger partial charge in [0.1, 0.15) is 0 Å². The lowest BCUT2D eigenvalue weighted by molar-refractivity contribution is -0.0974. The van der Waals surface area contributed by atoms with E-state index in [1.807, 2.05) is 5.38 Å². The van der Waals surface area contributed by atoms with Gasteiger partial charge in [0.05, 0.1) is 12.1 Å². The van der Waals surface area contributed by atoms with Crippen molar-refractivity contribution in [3.8, 4) is 0 Å². The summed E-state index contributed by atoms with van der Waals surface area (Å²) in [7, 11) is 3.14. The zero-order chi connectivity index (χ0) is 16.3. The number of carbonyl (C=O) groups is 1. The second-order valence-electron chi connectivity index (χ2n) is 6.97. The molecule has 1 atom stereocenters. The van der Waals surface area contributed by atoms with E-state index in [0.717, 1.165) is 24.8 Å². The smallest absolute Gasteiger partial charge is 0.252 e. The Morgan fingerprint density at radius 1 is 1.41 bits per heavy atom. The van der Waals surface area contributed by atoms with Gasteiger partial charge in [-0.2, -0.15) is 0 Å². The van der Waals surface area contributed by atoms with E-state index in [-0.39, 0.29) is 5.91 Å². The first-order valence-electron chi connectivity index (χ1n) is 7.79. The lowest BCUT2D eigenvalue weighted by Gasteiger charge is -2.34. The lowest BCUT2D eigenvalue weighted by atomic mass is 9.72. The van der Waals surface area contributed by atoms with Gasteiger partial charge < -0.3 is 14.8 Å². The minimum Gasteiger partial charge on any atom is -0.354 e. The Kier molecular flexibility index (Phi) is 5.64. The predicted octanol–water partition coefficient (Wildman–Crippen LogP) is 3.25. The van der Waals surface area contributed by atoms with Crippen LogP contribution >= 0.6 is 11.3 Å². The van der Waals surface area contributed by atoms with Crippen molar-refractivity contribution < 1.29 is 14.3 Å². The van der Waals surface area contributed by atoms with Crippen molar-refractivity contribution in [1.82, 2.24) is 5.32 Å². The van der Waals surface area contributed by atoms with Crippen molar-refractivity contribution >= 4 is 17.2 Å². The van der Waals surface area contributed by atoms with Crippen LogP contribution in [0.4, 0.5) is 0 Å². The molecule has 0 fully saturated rings. The summed E-state index contributed by atoms with van der Waals surface area (Å²) in [4.78, 5) is 13.8. The van der Waals surface area contributed by atoms with Gasteiger partial charge in [0, 0.05) is 24.5 Å². The molecule has 1 amide bonds. The van der Waals surface area contributed by atoms with Crippen LogP contribution in [-0.2, 0) is 22.3 Å². The van der Waals surface area contributed by atoms with Crippen LogP contribution in [0, 0.1) is 11.3 Å². The number of ether oxygens (including phenoxy) is 2. The number of fused-ring (bicyclic) bond motifs is 1. The molecule has 0 aliphatic heterocycles. The third kappa shape index (κ3) is 3.89. The van der Waals surface area contributed by atoms with Crippen molar-refractivity contribution in [3.63, 3.8) is 0 Å². The molecule has 124 valence electrons. The normalized spacial score (nSPS) is 18.4. The molecule has 1 aliphatic rings. The molecule has 0 bridgehead atoms. The van der Waals surface area contributed by atoms with E-state index < -0.39 is 6.29 Å². The van der Waals surface area contributed by atoms with Crippen molar-refractivity contribution in [1.29, 1.82) is 0 Å². The first kappa shape index (κ1) is 17.4. The second kappa shape index (κ2) is 7.11. The Labute approximate surface area is 137 Å². The van der Waals surface area contributed by atoms with Gasteiger partial charge in [-0.15, -0.1) is 11.3 Å². The van der Waals surface area contributed by atoms with Crippen molar-refractivity contribution in [3.05, 3.63) is 21.4 Å². The van der Waals surface area contributed by atoms with Crippen LogP contribution in [0.15, 0.2) is 5.38 Å². The molecule has 4 nitrogen and oxygen atoms in total. The molecular weight excluding hydrogens is 298 g/mol. The van der Waals surface area contributed by atoms with E-state index in [0.29, 0.717) is 17.9 Å². The van der Waals surface area contributed by atoms with Crippen LogP contribution < -0.4 is 5.32 Å². The van der Waals surface area contributed by atoms with E-state index >= 15 is 0 Å². The Hall–Kier alpha value is -0.910. The number of amides is 1. The molecule has 0 radical (unpaired) electrons. The summed E-state index contributed by atoms with van der Waals surface area (Å²) in [5.41, 5.74) is 2.40. The lowest BCUT2D eigenvalue weighted by Crippen LogP contribution is -2.34. The summed E-state index contributed by atoms with van der Waals surface area (Å²) in [5.74, 6) is 0.673. The van der Waals surface area contributed by atoms with Crippen LogP contribution in [0.2, 0.25) is 0 Å². The molecule has 0 saturated heterocycles. The highest BCUT2D eigenvalue weighted by Gasteiger charge is 2.31. The van der Waals surface area contributed by atoms with Gasteiger partial charge in [0.2, 0.25) is 0 Å². The van der Waals surface area contributed by atoms with Gasteiger partial charge in [0.25, 0.3) is 5.91 Å². The second-order valence-corrected chi connectivity index (χ2v) is 7.93. The van der Waals surface area contributed by atoms with Crippen LogP contribution in [-0.4, -0.2) is 33.0 Å². The fourth-order valence-corrected chi connectivity index (χ4v) is 4.14. The minimum atomic E-state index is -0.399. The molecule has 5 heteroatoms. The highest BCUT2D eigenvalue weighted by molar-refractivity contribution is 7.10. The van der Waals surface area contributed by atoms with E-state index in [2.05, 4.69) is 26.1 Å². The summed E-state index contributed by atoms with van der Waals surface area (Å²) >= 11 is 1.72. The van der Waals surface area contributed by atoms with Crippen molar-refractivity contribution in [2.75, 3.05) is 20.8 Å². The third-order valence-electron chi connectivity index (χ3n) is 4.58. The topological polar surface area (TPSA) is 47.6 Å². The van der Waals surface area contributed by atoms with Gasteiger partial charge in [-0.1, -0.05) is 20.8 Å². The number of hydrogen-bond acceptors (Lipinski definition) is 4. The van der Waals surface area contributed by atoms with Crippen LogP contribution in [0.5, 0.6) is 0 Å². The summed E-state index contributed by atoms with van der Waals surface area (Å²) in [6.45, 7) is 7.28. The van der Waals surface area contributed by atoms with E-state index in [9.17, 15) is 4.79 Å². The zero-order valence-electron chi connectivity index (χ0n) is 14.2. The van der Waals surface area contributed by atoms with Crippen molar-refractivity contribution in [2.45, 2.75) is 46.3 Å². The number of carbonyl (C=O) groups excluding carboxylic acids is 1. The minimum absolute atomic E-state index is 0.0224. The molecule has 1 aliphatic carbocycles. The van der Waals surface area contributed by atoms with Gasteiger partial charge in [-0.05, 0) is 36.2 Å². The largest absolute Gasteiger partial charge is 0.354 e. The summed E-state index contributed by atoms with van der Waals surface area (Å²) in [5, 5.41) is 4.90. The molecule has 2 rings (SSSR count). The molecule has 1 N–H and O–H groups in total. The molecule has 1 heterocycles. The molecular formula is C17H27NO3S. The monoisotopic (exact) mass is 325 g/mol. The summed E-state index contributed by atoms with van der Waals surface area (Å²) in [6.07, 6.45) is 2.85. The quantitative estimate of drug-likeness (QED) is 0.845. The number of nitrogens with one attached hydrogen (secondary N) is 1. The fraction of sp³-hybridized carbons (Fsp3) is 0.706. The van der Waals surface area contributed by atoms with Crippen LogP contribution in [0.25, 0.3) is 0 Å². The van der Waals surface area contributed by atoms with Crippen LogP contribution in [0.1, 0.15) is 48.0 Å². The Balaban J connectivity index is 2.04. The molecule has 0 saturated carbocycles. The summed E-state index contributed by atoms with van der Waals surface area (Å²) in [6, 6.07) is 0. The van der Waals surface area contributed by atoms with Crippen LogP contribution in [0.3, 0.4) is 0 Å². The molecule has 22 heavy (non-hydrogen) atoms. The maximum Gasteiger partial charge on any atom is 0.252 e. The Bertz CT molecular complexity index is 514. The molecule has 1 unspecified atom stereocenters. The Morgan fingerprint density at radius 3 is 2.68 bits per heavy atom. The van der Waals surface area contributed by atoms with Crippen molar-refractivity contribution in [2.24, 2.45) is 11.3 Å². The highest BCUT2D eigenvalue weighted by Crippen LogP contribution is 2.40. The van der Waals surface area contributed by atoms with E-state index in [1.165, 1.54) is 10.4 Å². The van der Waals surface area contributed by atoms with E-state index in [4.69, 9.17) is 9.47 Å².